The first-order valence-corrected chi connectivity index (χ1v) is 13.5. The van der Waals surface area contributed by atoms with E-state index in [2.05, 4.69) is 17.6 Å². The number of unbranched alkanes of at least 4 members (excludes halogenated alkanes) is 10. The third kappa shape index (κ3) is 11.5. The molecule has 0 radical (unpaired) electrons. The Morgan fingerprint density at radius 2 is 1.40 bits per heavy atom. The van der Waals surface area contributed by atoms with Crippen LogP contribution in [0.1, 0.15) is 94.3 Å². The Labute approximate surface area is 216 Å². The van der Waals surface area contributed by atoms with E-state index in [1.165, 1.54) is 57.8 Å². The number of hydrogen-bond donors (Lipinski definition) is 2. The second-order valence-corrected chi connectivity index (χ2v) is 9.48. The third-order valence-corrected chi connectivity index (χ3v) is 6.28. The highest BCUT2D eigenvalue weighted by Crippen LogP contribution is 2.17. The van der Waals surface area contributed by atoms with Crippen LogP contribution in [0.5, 0.6) is 0 Å². The van der Waals surface area contributed by atoms with Gasteiger partial charge in [0.15, 0.2) is 5.11 Å². The second-order valence-electron chi connectivity index (χ2n) is 9.07. The zero-order chi connectivity index (χ0) is 25.3. The van der Waals surface area contributed by atoms with E-state index in [4.69, 9.17) is 12.2 Å². The van der Waals surface area contributed by atoms with Crippen LogP contribution in [0, 0.1) is 0 Å². The van der Waals surface area contributed by atoms with Gasteiger partial charge in [0.25, 0.3) is 5.91 Å². The van der Waals surface area contributed by atoms with E-state index in [9.17, 15) is 9.59 Å². The van der Waals surface area contributed by atoms with Crippen molar-refractivity contribution in [1.29, 1.82) is 0 Å². The smallest absolute Gasteiger partial charge is 0.258 e. The summed E-state index contributed by atoms with van der Waals surface area (Å²) in [5, 5.41) is 6.01. The van der Waals surface area contributed by atoms with Crippen LogP contribution >= 0.6 is 12.2 Å². The Bertz CT molecular complexity index is 917. The summed E-state index contributed by atoms with van der Waals surface area (Å²) in [7, 11) is 1.75. The van der Waals surface area contributed by atoms with Crippen LogP contribution in [0.15, 0.2) is 54.6 Å². The molecule has 190 valence electrons. The zero-order valence-electron chi connectivity index (χ0n) is 21.4. The molecule has 0 aliphatic rings. The first kappa shape index (κ1) is 28.5. The van der Waals surface area contributed by atoms with E-state index in [-0.39, 0.29) is 16.9 Å². The second kappa shape index (κ2) is 16.8. The van der Waals surface area contributed by atoms with Crippen LogP contribution in [0.3, 0.4) is 0 Å². The molecule has 5 nitrogen and oxygen atoms in total. The fourth-order valence-corrected chi connectivity index (χ4v) is 4.23. The topological polar surface area (TPSA) is 61.4 Å². The molecule has 6 heteroatoms. The molecule has 2 amide bonds. The predicted molar refractivity (Wildman–Crippen MR) is 151 cm³/mol. The Morgan fingerprint density at radius 3 is 2.03 bits per heavy atom. The number of carbonyl (C=O) groups excluding carboxylic acids is 2. The highest BCUT2D eigenvalue weighted by molar-refractivity contribution is 7.80. The summed E-state index contributed by atoms with van der Waals surface area (Å²) in [5.41, 5.74) is 2.02. The maximum Gasteiger partial charge on any atom is 0.258 e. The lowest BCUT2D eigenvalue weighted by Gasteiger charge is -2.18. The third-order valence-electron chi connectivity index (χ3n) is 6.08. The van der Waals surface area contributed by atoms with Gasteiger partial charge in [0.2, 0.25) is 5.91 Å². The molecule has 0 bridgehead atoms. The maximum absolute atomic E-state index is 12.8. The van der Waals surface area contributed by atoms with Gasteiger partial charge in [0.1, 0.15) is 0 Å². The number of nitrogens with one attached hydrogen (secondary N) is 2. The highest BCUT2D eigenvalue weighted by Gasteiger charge is 2.14. The van der Waals surface area contributed by atoms with E-state index >= 15 is 0 Å². The fourth-order valence-electron chi connectivity index (χ4n) is 3.99. The number of anilines is 2. The van der Waals surface area contributed by atoms with E-state index < -0.39 is 0 Å². The van der Waals surface area contributed by atoms with Crippen molar-refractivity contribution >= 4 is 40.5 Å². The molecule has 2 aromatic carbocycles. The summed E-state index contributed by atoms with van der Waals surface area (Å²) in [6, 6.07) is 16.6. The molecule has 0 spiro atoms. The van der Waals surface area contributed by atoms with E-state index in [0.717, 1.165) is 18.5 Å². The molecule has 0 fully saturated rings. The van der Waals surface area contributed by atoms with Crippen molar-refractivity contribution in [2.24, 2.45) is 0 Å². The minimum atomic E-state index is -0.119. The van der Waals surface area contributed by atoms with E-state index in [1.807, 2.05) is 36.4 Å². The minimum Gasteiger partial charge on any atom is -0.332 e. The molecule has 0 atom stereocenters. The summed E-state index contributed by atoms with van der Waals surface area (Å²) >= 11 is 5.30. The SMILES string of the molecule is CCCCCCCCCCCCCC(=O)NC(=S)Nc1cccc(C(=O)N(C)c2ccccc2)c1. The summed E-state index contributed by atoms with van der Waals surface area (Å²) in [5.74, 6) is -0.194. The Morgan fingerprint density at radius 1 is 0.800 bits per heavy atom. The lowest BCUT2D eigenvalue weighted by Crippen LogP contribution is -2.34. The molecule has 0 aliphatic heterocycles. The first-order valence-electron chi connectivity index (χ1n) is 13.0. The van der Waals surface area contributed by atoms with Crippen molar-refractivity contribution in [1.82, 2.24) is 5.32 Å². The van der Waals surface area contributed by atoms with Gasteiger partial charge in [0, 0.05) is 30.4 Å². The van der Waals surface area contributed by atoms with E-state index in [1.54, 1.807) is 30.1 Å². The number of carbonyl (C=O) groups is 2. The first-order chi connectivity index (χ1) is 17.0. The van der Waals surface area contributed by atoms with Crippen LogP contribution in [-0.2, 0) is 4.79 Å². The number of para-hydroxylation sites is 1. The molecule has 0 saturated carbocycles. The van der Waals surface area contributed by atoms with Crippen LogP contribution in [0.25, 0.3) is 0 Å². The minimum absolute atomic E-state index is 0.0746. The zero-order valence-corrected chi connectivity index (χ0v) is 22.2. The van der Waals surface area contributed by atoms with Crippen molar-refractivity contribution in [3.8, 4) is 0 Å². The summed E-state index contributed by atoms with van der Waals surface area (Å²) in [6.07, 6.45) is 14.2. The Balaban J connectivity index is 1.64. The highest BCUT2D eigenvalue weighted by atomic mass is 32.1. The lowest BCUT2D eigenvalue weighted by atomic mass is 10.1. The molecule has 2 aromatic rings. The number of nitrogens with zero attached hydrogens (tertiary/aromatic N) is 1. The quantitative estimate of drug-likeness (QED) is 0.199. The lowest BCUT2D eigenvalue weighted by molar-refractivity contribution is -0.119. The van der Waals surface area contributed by atoms with Crippen molar-refractivity contribution in [3.63, 3.8) is 0 Å². The van der Waals surface area contributed by atoms with Crippen LogP contribution in [-0.4, -0.2) is 24.0 Å². The number of benzene rings is 2. The summed E-state index contributed by atoms with van der Waals surface area (Å²) in [6.45, 7) is 2.25. The average Bonchev–Trinajstić information content (AvgIpc) is 2.87. The number of hydrogen-bond acceptors (Lipinski definition) is 3. The summed E-state index contributed by atoms with van der Waals surface area (Å²) < 4.78 is 0. The molecular weight excluding hydrogens is 454 g/mol. The Hall–Kier alpha value is -2.73. The predicted octanol–water partition coefficient (Wildman–Crippen LogP) is 7.48. The molecule has 2 N–H and O–H groups in total. The molecule has 0 aromatic heterocycles. The van der Waals surface area contributed by atoms with Gasteiger partial charge >= 0.3 is 0 Å². The van der Waals surface area contributed by atoms with Crippen molar-refractivity contribution < 1.29 is 9.59 Å². The van der Waals surface area contributed by atoms with Crippen molar-refractivity contribution in [2.45, 2.75) is 84.0 Å². The standard InChI is InChI=1S/C29H41N3O2S/c1-3-4-5-6-7-8-9-10-11-12-16-22-27(33)31-29(35)30-25-19-17-18-24(23-25)28(34)32(2)26-20-14-13-15-21-26/h13-15,17-21,23H,3-12,16,22H2,1-2H3,(H2,30,31,33,35). The van der Waals surface area contributed by atoms with Gasteiger partial charge in [-0.3, -0.25) is 9.59 Å². The van der Waals surface area contributed by atoms with Crippen LogP contribution in [0.4, 0.5) is 11.4 Å². The molecular formula is C29H41N3O2S. The summed E-state index contributed by atoms with van der Waals surface area (Å²) in [4.78, 5) is 26.7. The Kier molecular flexibility index (Phi) is 13.7. The number of rotatable bonds is 15. The number of thiocarbonyl (C=S) groups is 1. The maximum atomic E-state index is 12.8. The molecule has 0 saturated heterocycles. The molecule has 0 heterocycles. The number of amides is 2. The van der Waals surface area contributed by atoms with E-state index in [0.29, 0.717) is 17.7 Å². The average molecular weight is 496 g/mol. The normalized spacial score (nSPS) is 10.6. The van der Waals surface area contributed by atoms with Crippen molar-refractivity contribution in [2.75, 3.05) is 17.3 Å². The van der Waals surface area contributed by atoms with Gasteiger partial charge < -0.3 is 15.5 Å². The molecule has 2 rings (SSSR count). The van der Waals surface area contributed by atoms with Gasteiger partial charge in [-0.1, -0.05) is 95.4 Å². The van der Waals surface area contributed by atoms with Gasteiger partial charge in [-0.05, 0) is 49.0 Å². The van der Waals surface area contributed by atoms with Gasteiger partial charge in [0.05, 0.1) is 0 Å². The van der Waals surface area contributed by atoms with Gasteiger partial charge in [-0.25, -0.2) is 0 Å². The van der Waals surface area contributed by atoms with Crippen LogP contribution in [0.2, 0.25) is 0 Å². The van der Waals surface area contributed by atoms with Crippen LogP contribution < -0.4 is 15.5 Å². The fraction of sp³-hybridized carbons (Fsp3) is 0.483. The monoisotopic (exact) mass is 495 g/mol. The van der Waals surface area contributed by atoms with Crippen molar-refractivity contribution in [3.05, 3.63) is 60.2 Å². The molecule has 0 aliphatic carbocycles. The van der Waals surface area contributed by atoms with Gasteiger partial charge in [-0.15, -0.1) is 0 Å². The van der Waals surface area contributed by atoms with Gasteiger partial charge in [-0.2, -0.15) is 0 Å². The largest absolute Gasteiger partial charge is 0.332 e. The molecule has 35 heavy (non-hydrogen) atoms. The molecule has 0 unspecified atom stereocenters.